The molecule has 0 spiro atoms. The zero-order valence-corrected chi connectivity index (χ0v) is 17.7. The maximum atomic E-state index is 12.1. The lowest BCUT2D eigenvalue weighted by atomic mass is 10.1. The van der Waals surface area contributed by atoms with Crippen LogP contribution in [0.2, 0.25) is 0 Å². The van der Waals surface area contributed by atoms with E-state index in [1.54, 1.807) is 29.2 Å². The lowest BCUT2D eigenvalue weighted by molar-refractivity contribution is -0.117. The Morgan fingerprint density at radius 1 is 1.03 bits per heavy atom. The number of piperazine rings is 1. The first-order valence-electron chi connectivity index (χ1n) is 9.73. The summed E-state index contributed by atoms with van der Waals surface area (Å²) in [5.41, 5.74) is 11.9. The molecular weight excluding hydrogens is 388 g/mol. The van der Waals surface area contributed by atoms with E-state index in [2.05, 4.69) is 10.3 Å². The van der Waals surface area contributed by atoms with Crippen LogP contribution in [0.5, 0.6) is 0 Å². The van der Waals surface area contributed by atoms with Crippen molar-refractivity contribution in [2.45, 2.75) is 32.9 Å². The number of hydrogen-bond donors (Lipinski definition) is 3. The molecule has 3 amide bonds. The number of benzene rings is 1. The molecule has 30 heavy (non-hydrogen) atoms. The second-order valence-corrected chi connectivity index (χ2v) is 7.97. The Kier molecular flexibility index (Phi) is 7.62. The average molecular weight is 418 g/mol. The van der Waals surface area contributed by atoms with E-state index in [1.807, 2.05) is 25.7 Å². The topological polar surface area (TPSA) is 143 Å². The molecule has 1 aliphatic heterocycles. The molecule has 0 atom stereocenters. The van der Waals surface area contributed by atoms with Crippen LogP contribution in [-0.4, -0.2) is 72.0 Å². The van der Waals surface area contributed by atoms with E-state index >= 15 is 0 Å². The van der Waals surface area contributed by atoms with Crippen LogP contribution < -0.4 is 16.8 Å². The van der Waals surface area contributed by atoms with E-state index in [1.165, 1.54) is 0 Å². The van der Waals surface area contributed by atoms with Crippen LogP contribution in [0.15, 0.2) is 29.3 Å². The molecule has 164 valence electrons. The number of hydrogen-bond acceptors (Lipinski definition) is 5. The SMILES string of the molecule is CC(C)(C)OC(=O)N1CCN(C(N)=NCc2ccc(C(=O)NCC(N)=O)cc2)CC1. The van der Waals surface area contributed by atoms with Gasteiger partial charge in [-0.2, -0.15) is 0 Å². The van der Waals surface area contributed by atoms with Gasteiger partial charge < -0.3 is 31.3 Å². The number of amides is 3. The van der Waals surface area contributed by atoms with Crippen molar-refractivity contribution < 1.29 is 19.1 Å². The van der Waals surface area contributed by atoms with Gasteiger partial charge in [-0.15, -0.1) is 0 Å². The van der Waals surface area contributed by atoms with E-state index in [9.17, 15) is 14.4 Å². The second-order valence-electron chi connectivity index (χ2n) is 7.97. The van der Waals surface area contributed by atoms with Crippen LogP contribution in [-0.2, 0) is 16.1 Å². The summed E-state index contributed by atoms with van der Waals surface area (Å²) >= 11 is 0. The average Bonchev–Trinajstić information content (AvgIpc) is 2.69. The van der Waals surface area contributed by atoms with Gasteiger partial charge in [0.2, 0.25) is 5.91 Å². The van der Waals surface area contributed by atoms with Gasteiger partial charge in [0.15, 0.2) is 5.96 Å². The fourth-order valence-electron chi connectivity index (χ4n) is 2.75. The van der Waals surface area contributed by atoms with E-state index in [4.69, 9.17) is 16.2 Å². The van der Waals surface area contributed by atoms with Crippen LogP contribution in [0.4, 0.5) is 4.79 Å². The summed E-state index contributed by atoms with van der Waals surface area (Å²) in [6, 6.07) is 6.85. The second kappa shape index (κ2) is 9.95. The third-order valence-electron chi connectivity index (χ3n) is 4.32. The fraction of sp³-hybridized carbons (Fsp3) is 0.500. The van der Waals surface area contributed by atoms with Crippen molar-refractivity contribution in [1.82, 2.24) is 15.1 Å². The maximum Gasteiger partial charge on any atom is 0.410 e. The van der Waals surface area contributed by atoms with E-state index in [0.29, 0.717) is 44.2 Å². The van der Waals surface area contributed by atoms with Gasteiger partial charge in [0.1, 0.15) is 5.60 Å². The van der Waals surface area contributed by atoms with Crippen molar-refractivity contribution in [3.8, 4) is 0 Å². The molecule has 1 aliphatic rings. The monoisotopic (exact) mass is 418 g/mol. The molecule has 10 nitrogen and oxygen atoms in total. The highest BCUT2D eigenvalue weighted by atomic mass is 16.6. The van der Waals surface area contributed by atoms with Crippen molar-refractivity contribution in [2.24, 2.45) is 16.5 Å². The molecule has 0 aliphatic carbocycles. The van der Waals surface area contributed by atoms with Gasteiger partial charge in [0.05, 0.1) is 13.1 Å². The lowest BCUT2D eigenvalue weighted by Crippen LogP contribution is -2.53. The van der Waals surface area contributed by atoms with Crippen molar-refractivity contribution >= 4 is 23.9 Å². The van der Waals surface area contributed by atoms with E-state index < -0.39 is 11.5 Å². The summed E-state index contributed by atoms with van der Waals surface area (Å²) in [5, 5.41) is 2.43. The zero-order valence-electron chi connectivity index (χ0n) is 17.7. The highest BCUT2D eigenvalue weighted by Gasteiger charge is 2.26. The van der Waals surface area contributed by atoms with Gasteiger partial charge in [0.25, 0.3) is 5.91 Å². The minimum atomic E-state index is -0.600. The molecule has 10 heteroatoms. The Balaban J connectivity index is 1.83. The van der Waals surface area contributed by atoms with Crippen LogP contribution in [0, 0.1) is 0 Å². The largest absolute Gasteiger partial charge is 0.444 e. The molecule has 0 aromatic heterocycles. The van der Waals surface area contributed by atoms with Gasteiger partial charge >= 0.3 is 6.09 Å². The molecule has 1 heterocycles. The van der Waals surface area contributed by atoms with Crippen LogP contribution in [0.1, 0.15) is 36.7 Å². The normalized spacial score (nSPS) is 15.0. The number of carbonyl (C=O) groups excluding carboxylic acids is 3. The Morgan fingerprint density at radius 3 is 2.13 bits per heavy atom. The standard InChI is InChI=1S/C20H30N6O4/c1-20(2,3)30-19(29)26-10-8-25(9-11-26)18(22)24-12-14-4-6-15(7-5-14)17(28)23-13-16(21)27/h4-7H,8-13H2,1-3H3,(H2,21,27)(H2,22,24)(H,23,28). The summed E-state index contributed by atoms with van der Waals surface area (Å²) < 4.78 is 5.39. The van der Waals surface area contributed by atoms with Gasteiger partial charge in [-0.05, 0) is 38.5 Å². The number of rotatable bonds is 5. The Labute approximate surface area is 176 Å². The predicted octanol–water partition coefficient (Wildman–Crippen LogP) is 0.269. The number of nitrogens with two attached hydrogens (primary N) is 2. The first kappa shape index (κ1) is 23.0. The minimum absolute atomic E-state index is 0.206. The van der Waals surface area contributed by atoms with Crippen molar-refractivity contribution in [3.05, 3.63) is 35.4 Å². The summed E-state index contributed by atoms with van der Waals surface area (Å²) in [4.78, 5) is 42.7. The van der Waals surface area contributed by atoms with Gasteiger partial charge in [-0.3, -0.25) is 9.59 Å². The molecule has 1 fully saturated rings. The number of guanidine groups is 1. The lowest BCUT2D eigenvalue weighted by Gasteiger charge is -2.36. The molecule has 2 rings (SSSR count). The van der Waals surface area contributed by atoms with Crippen molar-refractivity contribution in [3.63, 3.8) is 0 Å². The number of primary amides is 1. The van der Waals surface area contributed by atoms with Crippen LogP contribution >= 0.6 is 0 Å². The van der Waals surface area contributed by atoms with Crippen molar-refractivity contribution in [1.29, 1.82) is 0 Å². The number of nitrogens with one attached hydrogen (secondary N) is 1. The predicted molar refractivity (Wildman–Crippen MR) is 113 cm³/mol. The molecule has 0 unspecified atom stereocenters. The number of ether oxygens (including phenoxy) is 1. The minimum Gasteiger partial charge on any atom is -0.444 e. The van der Waals surface area contributed by atoms with Gasteiger partial charge in [0, 0.05) is 31.7 Å². The molecular formula is C20H30N6O4. The summed E-state index contributed by atoms with van der Waals surface area (Å²) in [7, 11) is 0. The molecule has 1 saturated heterocycles. The number of nitrogens with zero attached hydrogens (tertiary/aromatic N) is 3. The van der Waals surface area contributed by atoms with Gasteiger partial charge in [-0.25, -0.2) is 9.79 Å². The van der Waals surface area contributed by atoms with Crippen LogP contribution in [0.3, 0.4) is 0 Å². The number of aliphatic imine (C=N–C) groups is 1. The Hall–Kier alpha value is -3.30. The highest BCUT2D eigenvalue weighted by Crippen LogP contribution is 2.12. The molecule has 1 aromatic carbocycles. The molecule has 1 aromatic rings. The third kappa shape index (κ3) is 7.26. The van der Waals surface area contributed by atoms with Crippen molar-refractivity contribution in [2.75, 3.05) is 32.7 Å². The quantitative estimate of drug-likeness (QED) is 0.462. The summed E-state index contributed by atoms with van der Waals surface area (Å²) in [5.74, 6) is -0.565. The molecule has 0 saturated carbocycles. The maximum absolute atomic E-state index is 12.1. The Bertz CT molecular complexity index is 793. The van der Waals surface area contributed by atoms with E-state index in [-0.39, 0.29) is 18.5 Å². The molecule has 0 bridgehead atoms. The molecule has 0 radical (unpaired) electrons. The summed E-state index contributed by atoms with van der Waals surface area (Å²) in [6.45, 7) is 7.86. The fourth-order valence-corrected chi connectivity index (χ4v) is 2.75. The first-order valence-corrected chi connectivity index (χ1v) is 9.73. The Morgan fingerprint density at radius 2 is 1.60 bits per heavy atom. The molecule has 5 N–H and O–H groups in total. The van der Waals surface area contributed by atoms with Gasteiger partial charge in [-0.1, -0.05) is 12.1 Å². The van der Waals surface area contributed by atoms with Crippen LogP contribution in [0.25, 0.3) is 0 Å². The first-order chi connectivity index (χ1) is 14.0. The number of carbonyl (C=O) groups is 3. The third-order valence-corrected chi connectivity index (χ3v) is 4.32. The van der Waals surface area contributed by atoms with E-state index in [0.717, 1.165) is 5.56 Å². The zero-order chi connectivity index (χ0) is 22.3. The summed E-state index contributed by atoms with van der Waals surface area (Å²) in [6.07, 6.45) is -0.322. The smallest absolute Gasteiger partial charge is 0.410 e. The highest BCUT2D eigenvalue weighted by molar-refractivity contribution is 5.96.